The summed E-state index contributed by atoms with van der Waals surface area (Å²) in [6, 6.07) is 10.3. The summed E-state index contributed by atoms with van der Waals surface area (Å²) >= 11 is 26.2. The fraction of sp³-hybridized carbons (Fsp3) is 0.261. The first-order chi connectivity index (χ1) is 16.2. The summed E-state index contributed by atoms with van der Waals surface area (Å²) in [6.07, 6.45) is 0. The minimum Gasteiger partial charge on any atom is -0.491 e. The lowest BCUT2D eigenvalue weighted by Gasteiger charge is -2.31. The molecule has 1 heterocycles. The molecule has 1 aliphatic rings. The average Bonchev–Trinajstić information content (AvgIpc) is 2.79. The maximum atomic E-state index is 13.0. The van der Waals surface area contributed by atoms with Crippen LogP contribution in [0.25, 0.3) is 0 Å². The number of ether oxygens (including phenoxy) is 2. The number of carbonyl (C=O) groups excluding carboxylic acids is 2. The van der Waals surface area contributed by atoms with Crippen LogP contribution >= 0.6 is 58.2 Å². The number of halogens is 4. The van der Waals surface area contributed by atoms with E-state index in [1.165, 1.54) is 31.0 Å². The third-order valence-electron chi connectivity index (χ3n) is 5.04. The maximum Gasteiger partial charge on any atom is 0.319 e. The van der Waals surface area contributed by atoms with Crippen LogP contribution in [0.15, 0.2) is 40.9 Å². The summed E-state index contributed by atoms with van der Waals surface area (Å²) in [5.41, 5.74) is 1.33. The first-order valence-corrected chi connectivity index (χ1v) is 12.4. The summed E-state index contributed by atoms with van der Waals surface area (Å²) < 4.78 is 10.3. The molecule has 6 nitrogen and oxygen atoms in total. The van der Waals surface area contributed by atoms with Gasteiger partial charge in [0.05, 0.1) is 40.4 Å². The first kappa shape index (κ1) is 26.5. The van der Waals surface area contributed by atoms with Crippen molar-refractivity contribution in [3.05, 3.63) is 72.2 Å². The van der Waals surface area contributed by atoms with Gasteiger partial charge in [-0.1, -0.05) is 52.5 Å². The lowest BCUT2D eigenvalue weighted by atomic mass is 9.78. The number of rotatable bonds is 7. The van der Waals surface area contributed by atoms with Crippen LogP contribution in [-0.2, 0) is 20.1 Å². The van der Waals surface area contributed by atoms with Crippen LogP contribution < -0.4 is 10.1 Å². The molecule has 0 bridgehead atoms. The van der Waals surface area contributed by atoms with Crippen molar-refractivity contribution in [2.75, 3.05) is 13.7 Å². The second-order valence-electron chi connectivity index (χ2n) is 7.09. The number of methoxy groups -OCH3 is 1. The van der Waals surface area contributed by atoms with Crippen molar-refractivity contribution < 1.29 is 19.1 Å². The number of allylic oxidation sites excluding steroid dienone is 1. The molecule has 2 aromatic carbocycles. The van der Waals surface area contributed by atoms with E-state index in [0.717, 1.165) is 5.56 Å². The number of carbonyl (C=O) groups is 2. The molecular weight excluding hydrogens is 542 g/mol. The van der Waals surface area contributed by atoms with Gasteiger partial charge in [-0.25, -0.2) is 0 Å². The van der Waals surface area contributed by atoms with E-state index in [-0.39, 0.29) is 21.4 Å². The zero-order chi connectivity index (χ0) is 25.0. The van der Waals surface area contributed by atoms with E-state index in [0.29, 0.717) is 33.0 Å². The molecule has 2 aromatic rings. The summed E-state index contributed by atoms with van der Waals surface area (Å²) in [7, 11) is 1.17. The molecule has 0 unspecified atom stereocenters. The molecule has 0 saturated carbocycles. The average molecular weight is 560 g/mol. The third kappa shape index (κ3) is 5.59. The highest BCUT2D eigenvalue weighted by Crippen LogP contribution is 2.44. The van der Waals surface area contributed by atoms with Crippen molar-refractivity contribution in [2.24, 2.45) is 5.92 Å². The van der Waals surface area contributed by atoms with Gasteiger partial charge in [-0.05, 0) is 42.3 Å². The highest BCUT2D eigenvalue weighted by atomic mass is 35.5. The van der Waals surface area contributed by atoms with E-state index < -0.39 is 23.7 Å². The van der Waals surface area contributed by atoms with Gasteiger partial charge in [-0.3, -0.25) is 9.59 Å². The highest BCUT2D eigenvalue weighted by Gasteiger charge is 2.44. The minimum atomic E-state index is -1.31. The fourth-order valence-corrected chi connectivity index (χ4v) is 5.73. The van der Waals surface area contributed by atoms with Crippen LogP contribution in [0.1, 0.15) is 24.0 Å². The Bertz CT molecular complexity index is 1190. The number of nitrogens with zero attached hydrogens (tertiary/aromatic N) is 1. The summed E-state index contributed by atoms with van der Waals surface area (Å²) in [5.74, 6) is -3.06. The molecule has 0 saturated heterocycles. The summed E-state index contributed by atoms with van der Waals surface area (Å²) in [5, 5.41) is 14.4. The number of hydrogen-bond acceptors (Lipinski definition) is 6. The van der Waals surface area contributed by atoms with Crippen molar-refractivity contribution in [2.45, 2.75) is 18.6 Å². The lowest BCUT2D eigenvalue weighted by Crippen LogP contribution is -2.44. The molecule has 0 fully saturated rings. The van der Waals surface area contributed by atoms with Crippen LogP contribution in [-0.4, -0.2) is 25.6 Å². The van der Waals surface area contributed by atoms with Gasteiger partial charge in [0.2, 0.25) is 5.91 Å². The fourth-order valence-electron chi connectivity index (χ4n) is 3.51. The van der Waals surface area contributed by atoms with E-state index in [1.54, 1.807) is 25.1 Å². The molecular formula is C23H18Cl4N2O4S. The van der Waals surface area contributed by atoms with Crippen LogP contribution in [0.5, 0.6) is 5.75 Å². The zero-order valence-electron chi connectivity index (χ0n) is 18.0. The smallest absolute Gasteiger partial charge is 0.319 e. The standard InChI is InChI=1S/C23H18Cl4N2O4S/c1-3-33-20-16(26)6-12(7-17(20)27)18-14(9-28)22(29-21(30)19(18)23(31)32-2)34-10-11-4-5-13(24)8-15(11)25/h4-8,18-19H,3,10H2,1-2H3,(H,29,30)/t18-,19+/m1/s1. The van der Waals surface area contributed by atoms with Crippen molar-refractivity contribution in [3.8, 4) is 11.8 Å². The number of hydrogen-bond donors (Lipinski definition) is 1. The maximum absolute atomic E-state index is 13.0. The number of esters is 1. The Morgan fingerprint density at radius 2 is 1.82 bits per heavy atom. The van der Waals surface area contributed by atoms with Gasteiger partial charge >= 0.3 is 5.97 Å². The van der Waals surface area contributed by atoms with Gasteiger partial charge in [0, 0.05) is 21.7 Å². The number of nitriles is 1. The molecule has 34 heavy (non-hydrogen) atoms. The van der Waals surface area contributed by atoms with Crippen molar-refractivity contribution >= 4 is 70.0 Å². The zero-order valence-corrected chi connectivity index (χ0v) is 21.8. The van der Waals surface area contributed by atoms with Crippen molar-refractivity contribution in [1.29, 1.82) is 5.26 Å². The second-order valence-corrected chi connectivity index (χ2v) is 9.74. The largest absolute Gasteiger partial charge is 0.491 e. The van der Waals surface area contributed by atoms with E-state index in [1.807, 2.05) is 0 Å². The Morgan fingerprint density at radius 1 is 1.15 bits per heavy atom. The molecule has 1 amide bonds. The van der Waals surface area contributed by atoms with E-state index >= 15 is 0 Å². The third-order valence-corrected chi connectivity index (χ3v) is 7.25. The molecule has 0 aliphatic carbocycles. The molecule has 1 aliphatic heterocycles. The van der Waals surface area contributed by atoms with E-state index in [4.69, 9.17) is 55.9 Å². The van der Waals surface area contributed by atoms with Gasteiger partial charge in [0.15, 0.2) is 5.75 Å². The SMILES string of the molecule is CCOc1c(Cl)cc([C@@H]2C(C#N)=C(SCc3ccc(Cl)cc3Cl)NC(=O)[C@H]2C(=O)OC)cc1Cl. The highest BCUT2D eigenvalue weighted by molar-refractivity contribution is 8.02. The second kappa shape index (κ2) is 11.6. The molecule has 0 aromatic heterocycles. The summed E-state index contributed by atoms with van der Waals surface area (Å²) in [6.45, 7) is 2.12. The lowest BCUT2D eigenvalue weighted by molar-refractivity contribution is -0.150. The molecule has 0 radical (unpaired) electrons. The molecule has 178 valence electrons. The predicted molar refractivity (Wildman–Crippen MR) is 134 cm³/mol. The minimum absolute atomic E-state index is 0.168. The predicted octanol–water partition coefficient (Wildman–Crippen LogP) is 6.37. The molecule has 2 atom stereocenters. The normalized spacial score (nSPS) is 17.7. The number of benzene rings is 2. The van der Waals surface area contributed by atoms with Crippen molar-refractivity contribution in [3.63, 3.8) is 0 Å². The topological polar surface area (TPSA) is 88.4 Å². The van der Waals surface area contributed by atoms with Gasteiger partial charge < -0.3 is 14.8 Å². The van der Waals surface area contributed by atoms with Crippen LogP contribution in [0.3, 0.4) is 0 Å². The molecule has 0 spiro atoms. The summed E-state index contributed by atoms with van der Waals surface area (Å²) in [4.78, 5) is 25.6. The van der Waals surface area contributed by atoms with Gasteiger partial charge in [-0.15, -0.1) is 11.8 Å². The monoisotopic (exact) mass is 558 g/mol. The van der Waals surface area contributed by atoms with E-state index in [2.05, 4.69) is 11.4 Å². The Labute approximate surface area is 221 Å². The Hall–Kier alpha value is -2.08. The van der Waals surface area contributed by atoms with Gasteiger partial charge in [0.1, 0.15) is 5.92 Å². The number of nitrogens with one attached hydrogen (secondary N) is 1. The van der Waals surface area contributed by atoms with Crippen LogP contribution in [0.4, 0.5) is 0 Å². The Morgan fingerprint density at radius 3 is 2.38 bits per heavy atom. The van der Waals surface area contributed by atoms with Crippen molar-refractivity contribution in [1.82, 2.24) is 5.32 Å². The molecule has 11 heteroatoms. The van der Waals surface area contributed by atoms with Crippen LogP contribution in [0.2, 0.25) is 20.1 Å². The number of thioether (sulfide) groups is 1. The first-order valence-electron chi connectivity index (χ1n) is 9.93. The Kier molecular flexibility index (Phi) is 9.02. The van der Waals surface area contributed by atoms with Gasteiger partial charge in [0.25, 0.3) is 0 Å². The van der Waals surface area contributed by atoms with Gasteiger partial charge in [-0.2, -0.15) is 5.26 Å². The number of amides is 1. The van der Waals surface area contributed by atoms with Crippen LogP contribution in [0, 0.1) is 17.2 Å². The molecule has 1 N–H and O–H groups in total. The quantitative estimate of drug-likeness (QED) is 0.313. The van der Waals surface area contributed by atoms with E-state index in [9.17, 15) is 14.9 Å². The molecule has 3 rings (SSSR count). The Balaban J connectivity index is 2.09.